The van der Waals surface area contributed by atoms with Crippen molar-refractivity contribution in [3.63, 3.8) is 0 Å². The molecule has 0 fully saturated rings. The predicted molar refractivity (Wildman–Crippen MR) is 70.7 cm³/mol. The van der Waals surface area contributed by atoms with Crippen LogP contribution in [0.4, 0.5) is 0 Å². The van der Waals surface area contributed by atoms with Gasteiger partial charge >= 0.3 is 0 Å². The van der Waals surface area contributed by atoms with Crippen molar-refractivity contribution in [2.45, 2.75) is 12.8 Å². The summed E-state index contributed by atoms with van der Waals surface area (Å²) in [6, 6.07) is 7.66. The standard InChI is InChI=1S/C13H17BrO2/c1-2-10-15-12-5-7-13(8-6-12)16-11-4-3-9-14/h2,5-8H,1,3-4,9-11H2. The summed E-state index contributed by atoms with van der Waals surface area (Å²) in [7, 11) is 0. The van der Waals surface area contributed by atoms with E-state index in [1.807, 2.05) is 24.3 Å². The number of rotatable bonds is 8. The Kier molecular flexibility index (Phi) is 6.74. The van der Waals surface area contributed by atoms with E-state index in [4.69, 9.17) is 9.47 Å². The SMILES string of the molecule is C=CCOc1ccc(OCCCCBr)cc1. The third kappa shape index (κ3) is 5.21. The number of hydrogen-bond donors (Lipinski definition) is 0. The van der Waals surface area contributed by atoms with Crippen molar-refractivity contribution in [2.75, 3.05) is 18.5 Å². The second kappa shape index (κ2) is 8.22. The van der Waals surface area contributed by atoms with Crippen molar-refractivity contribution in [3.05, 3.63) is 36.9 Å². The lowest BCUT2D eigenvalue weighted by molar-refractivity contribution is 0.308. The van der Waals surface area contributed by atoms with Crippen molar-refractivity contribution in [1.29, 1.82) is 0 Å². The van der Waals surface area contributed by atoms with E-state index in [9.17, 15) is 0 Å². The molecule has 0 aliphatic carbocycles. The molecule has 0 atom stereocenters. The highest BCUT2D eigenvalue weighted by Crippen LogP contribution is 2.17. The zero-order chi connectivity index (χ0) is 11.6. The summed E-state index contributed by atoms with van der Waals surface area (Å²) < 4.78 is 10.9. The fraction of sp³-hybridized carbons (Fsp3) is 0.385. The minimum Gasteiger partial charge on any atom is -0.494 e. The summed E-state index contributed by atoms with van der Waals surface area (Å²) in [6.07, 6.45) is 3.94. The van der Waals surface area contributed by atoms with E-state index in [0.29, 0.717) is 6.61 Å². The van der Waals surface area contributed by atoms with Gasteiger partial charge in [0.15, 0.2) is 0 Å². The Morgan fingerprint density at radius 1 is 1.06 bits per heavy atom. The minimum absolute atomic E-state index is 0.533. The molecule has 1 rings (SSSR count). The maximum atomic E-state index is 5.57. The van der Waals surface area contributed by atoms with Crippen LogP contribution in [0.1, 0.15) is 12.8 Å². The van der Waals surface area contributed by atoms with Crippen molar-refractivity contribution < 1.29 is 9.47 Å². The molecular weight excluding hydrogens is 268 g/mol. The molecule has 0 spiro atoms. The van der Waals surface area contributed by atoms with Crippen molar-refractivity contribution in [1.82, 2.24) is 0 Å². The number of hydrogen-bond acceptors (Lipinski definition) is 2. The van der Waals surface area contributed by atoms with Gasteiger partial charge in [0.2, 0.25) is 0 Å². The molecule has 0 saturated carbocycles. The quantitative estimate of drug-likeness (QED) is 0.411. The molecule has 0 radical (unpaired) electrons. The molecule has 0 heterocycles. The highest BCUT2D eigenvalue weighted by Gasteiger charge is 1.95. The Hall–Kier alpha value is -0.960. The van der Waals surface area contributed by atoms with Gasteiger partial charge in [0.25, 0.3) is 0 Å². The summed E-state index contributed by atoms with van der Waals surface area (Å²) in [4.78, 5) is 0. The molecule has 3 heteroatoms. The summed E-state index contributed by atoms with van der Waals surface area (Å²) in [5.41, 5.74) is 0. The van der Waals surface area contributed by atoms with Gasteiger partial charge in [-0.2, -0.15) is 0 Å². The summed E-state index contributed by atoms with van der Waals surface area (Å²) in [5.74, 6) is 1.73. The monoisotopic (exact) mass is 284 g/mol. The molecule has 0 unspecified atom stereocenters. The fourth-order valence-corrected chi connectivity index (χ4v) is 1.57. The van der Waals surface area contributed by atoms with Gasteiger partial charge in [-0.25, -0.2) is 0 Å². The minimum atomic E-state index is 0.533. The van der Waals surface area contributed by atoms with E-state index in [2.05, 4.69) is 22.5 Å². The van der Waals surface area contributed by atoms with Crippen molar-refractivity contribution in [3.8, 4) is 11.5 Å². The second-order valence-electron chi connectivity index (χ2n) is 3.32. The molecule has 16 heavy (non-hydrogen) atoms. The Morgan fingerprint density at radius 3 is 2.25 bits per heavy atom. The van der Waals surface area contributed by atoms with Crippen LogP contribution in [-0.2, 0) is 0 Å². The van der Waals surface area contributed by atoms with Gasteiger partial charge in [0, 0.05) is 5.33 Å². The van der Waals surface area contributed by atoms with E-state index in [1.54, 1.807) is 6.08 Å². The molecular formula is C13H17BrO2. The number of ether oxygens (including phenoxy) is 2. The molecule has 0 aromatic heterocycles. The van der Waals surface area contributed by atoms with Crippen LogP contribution in [0.3, 0.4) is 0 Å². The Balaban J connectivity index is 2.30. The second-order valence-corrected chi connectivity index (χ2v) is 4.11. The number of unbranched alkanes of at least 4 members (excludes halogenated alkanes) is 1. The average molecular weight is 285 g/mol. The Bertz CT molecular complexity index is 295. The van der Waals surface area contributed by atoms with E-state index in [0.717, 1.165) is 36.3 Å². The first-order chi connectivity index (χ1) is 7.86. The third-order valence-corrected chi connectivity index (χ3v) is 2.55. The molecule has 0 saturated heterocycles. The molecule has 88 valence electrons. The van der Waals surface area contributed by atoms with Crippen molar-refractivity contribution in [2.24, 2.45) is 0 Å². The van der Waals surface area contributed by atoms with Crippen LogP contribution in [-0.4, -0.2) is 18.5 Å². The zero-order valence-electron chi connectivity index (χ0n) is 9.32. The molecule has 0 aliphatic rings. The molecule has 0 N–H and O–H groups in total. The first-order valence-corrected chi connectivity index (χ1v) is 6.51. The summed E-state index contributed by atoms with van der Waals surface area (Å²) in [5, 5.41) is 1.03. The maximum absolute atomic E-state index is 5.57. The summed E-state index contributed by atoms with van der Waals surface area (Å²) in [6.45, 7) is 4.89. The average Bonchev–Trinajstić information content (AvgIpc) is 2.33. The summed E-state index contributed by atoms with van der Waals surface area (Å²) >= 11 is 3.39. The van der Waals surface area contributed by atoms with Gasteiger partial charge in [-0.1, -0.05) is 28.6 Å². The van der Waals surface area contributed by atoms with Crippen LogP contribution in [0.15, 0.2) is 36.9 Å². The van der Waals surface area contributed by atoms with E-state index in [-0.39, 0.29) is 0 Å². The molecule has 0 bridgehead atoms. The Labute approximate surface area is 105 Å². The zero-order valence-corrected chi connectivity index (χ0v) is 10.9. The van der Waals surface area contributed by atoms with Gasteiger partial charge in [0.1, 0.15) is 18.1 Å². The van der Waals surface area contributed by atoms with E-state index >= 15 is 0 Å². The third-order valence-electron chi connectivity index (χ3n) is 1.99. The van der Waals surface area contributed by atoms with Gasteiger partial charge in [-0.05, 0) is 37.1 Å². The Morgan fingerprint density at radius 2 is 1.69 bits per heavy atom. The molecule has 1 aromatic carbocycles. The molecule has 0 aliphatic heterocycles. The van der Waals surface area contributed by atoms with Crippen LogP contribution >= 0.6 is 15.9 Å². The van der Waals surface area contributed by atoms with E-state index in [1.165, 1.54) is 0 Å². The van der Waals surface area contributed by atoms with Gasteiger partial charge in [0.05, 0.1) is 6.61 Å². The smallest absolute Gasteiger partial charge is 0.120 e. The van der Waals surface area contributed by atoms with Crippen LogP contribution in [0.2, 0.25) is 0 Å². The number of benzene rings is 1. The molecule has 2 nitrogen and oxygen atoms in total. The van der Waals surface area contributed by atoms with Gasteiger partial charge < -0.3 is 9.47 Å². The lowest BCUT2D eigenvalue weighted by Gasteiger charge is -2.07. The van der Waals surface area contributed by atoms with E-state index < -0.39 is 0 Å². The highest BCUT2D eigenvalue weighted by atomic mass is 79.9. The largest absolute Gasteiger partial charge is 0.494 e. The predicted octanol–water partition coefficient (Wildman–Crippen LogP) is 3.81. The first-order valence-electron chi connectivity index (χ1n) is 5.39. The molecule has 1 aromatic rings. The van der Waals surface area contributed by atoms with Crippen LogP contribution in [0.25, 0.3) is 0 Å². The van der Waals surface area contributed by atoms with Crippen LogP contribution in [0.5, 0.6) is 11.5 Å². The first kappa shape index (κ1) is 13.1. The fourth-order valence-electron chi connectivity index (χ4n) is 1.17. The molecule has 0 amide bonds. The normalized spacial score (nSPS) is 9.81. The van der Waals surface area contributed by atoms with Gasteiger partial charge in [-0.15, -0.1) is 0 Å². The number of alkyl halides is 1. The van der Waals surface area contributed by atoms with Crippen molar-refractivity contribution >= 4 is 15.9 Å². The lowest BCUT2D eigenvalue weighted by atomic mass is 10.3. The van der Waals surface area contributed by atoms with Gasteiger partial charge in [-0.3, -0.25) is 0 Å². The topological polar surface area (TPSA) is 18.5 Å². The lowest BCUT2D eigenvalue weighted by Crippen LogP contribution is -1.98. The highest BCUT2D eigenvalue weighted by molar-refractivity contribution is 9.09. The van der Waals surface area contributed by atoms with Crippen LogP contribution in [0, 0.1) is 0 Å². The van der Waals surface area contributed by atoms with Crippen LogP contribution < -0.4 is 9.47 Å². The maximum Gasteiger partial charge on any atom is 0.120 e. The number of halogens is 1.